The molecule has 3 heteroatoms. The molecule has 0 aromatic heterocycles. The van der Waals surface area contributed by atoms with E-state index in [0.29, 0.717) is 0 Å². The maximum Gasteiger partial charge on any atom is 0.123 e. The van der Waals surface area contributed by atoms with Gasteiger partial charge in [-0.05, 0) is 54.6 Å². The summed E-state index contributed by atoms with van der Waals surface area (Å²) in [5.74, 6) is -0.188. The first-order valence-corrected chi connectivity index (χ1v) is 8.10. The number of hydrogen-bond acceptors (Lipinski definition) is 2. The van der Waals surface area contributed by atoms with Gasteiger partial charge in [0.25, 0.3) is 0 Å². The average molecular weight is 289 g/mol. The number of rotatable bonds is 6. The third kappa shape index (κ3) is 3.84. The predicted molar refractivity (Wildman–Crippen MR) is 84.8 cm³/mol. The summed E-state index contributed by atoms with van der Waals surface area (Å²) < 4.78 is 13.5. The van der Waals surface area contributed by atoms with Crippen LogP contribution in [0.25, 0.3) is 0 Å². The molecule has 1 unspecified atom stereocenters. The Bertz CT molecular complexity index is 539. The molecule has 0 heterocycles. The van der Waals surface area contributed by atoms with Gasteiger partial charge in [-0.2, -0.15) is 0 Å². The average Bonchev–Trinajstić information content (AvgIpc) is 2.48. The lowest BCUT2D eigenvalue weighted by Gasteiger charge is -2.20. The van der Waals surface area contributed by atoms with Gasteiger partial charge in [0.05, 0.1) is 6.04 Å². The van der Waals surface area contributed by atoms with Gasteiger partial charge in [0.2, 0.25) is 0 Å². The molecule has 0 fully saturated rings. The van der Waals surface area contributed by atoms with Gasteiger partial charge in [0.15, 0.2) is 0 Å². The van der Waals surface area contributed by atoms with Crippen molar-refractivity contribution in [3.05, 3.63) is 65.5 Å². The summed E-state index contributed by atoms with van der Waals surface area (Å²) in [6.07, 6.45) is 3.11. The zero-order valence-corrected chi connectivity index (χ0v) is 12.7. The summed E-state index contributed by atoms with van der Waals surface area (Å²) in [7, 11) is 0. The SMILES string of the molecule is CCCNC(c1ccc(SC)cc1)c1cccc(F)c1. The van der Waals surface area contributed by atoms with Gasteiger partial charge in [-0.25, -0.2) is 4.39 Å². The second-order valence-electron chi connectivity index (χ2n) is 4.72. The first-order chi connectivity index (χ1) is 9.74. The molecular weight excluding hydrogens is 269 g/mol. The molecule has 2 aromatic rings. The Labute approximate surface area is 124 Å². The number of thioether (sulfide) groups is 1. The number of halogens is 1. The maximum atomic E-state index is 13.5. The Balaban J connectivity index is 2.30. The van der Waals surface area contributed by atoms with E-state index in [1.54, 1.807) is 23.9 Å². The molecule has 2 aromatic carbocycles. The van der Waals surface area contributed by atoms with E-state index in [1.165, 1.54) is 16.5 Å². The second kappa shape index (κ2) is 7.46. The van der Waals surface area contributed by atoms with Crippen LogP contribution in [-0.4, -0.2) is 12.8 Å². The highest BCUT2D eigenvalue weighted by Crippen LogP contribution is 2.25. The van der Waals surface area contributed by atoms with Crippen molar-refractivity contribution in [1.29, 1.82) is 0 Å². The molecule has 0 amide bonds. The Kier molecular flexibility index (Phi) is 5.62. The van der Waals surface area contributed by atoms with E-state index in [-0.39, 0.29) is 11.9 Å². The minimum absolute atomic E-state index is 0.0431. The summed E-state index contributed by atoms with van der Waals surface area (Å²) in [5, 5.41) is 3.49. The Morgan fingerprint density at radius 1 is 1.10 bits per heavy atom. The van der Waals surface area contributed by atoms with E-state index in [2.05, 4.69) is 42.8 Å². The topological polar surface area (TPSA) is 12.0 Å². The van der Waals surface area contributed by atoms with Crippen LogP contribution in [0.4, 0.5) is 4.39 Å². The Morgan fingerprint density at radius 2 is 1.85 bits per heavy atom. The molecule has 106 valence electrons. The molecular formula is C17H20FNS. The monoisotopic (exact) mass is 289 g/mol. The van der Waals surface area contributed by atoms with Crippen LogP contribution in [0, 0.1) is 5.82 Å². The summed E-state index contributed by atoms with van der Waals surface area (Å²) >= 11 is 1.72. The van der Waals surface area contributed by atoms with Crippen LogP contribution < -0.4 is 5.32 Å². The summed E-state index contributed by atoms with van der Waals surface area (Å²) in [4.78, 5) is 1.24. The third-order valence-corrected chi connectivity index (χ3v) is 3.97. The van der Waals surface area contributed by atoms with Crippen molar-refractivity contribution in [3.63, 3.8) is 0 Å². The van der Waals surface area contributed by atoms with Crippen LogP contribution in [0.3, 0.4) is 0 Å². The Morgan fingerprint density at radius 3 is 2.45 bits per heavy atom. The lowest BCUT2D eigenvalue weighted by molar-refractivity contribution is 0.585. The number of benzene rings is 2. The molecule has 0 radical (unpaired) electrons. The highest BCUT2D eigenvalue weighted by Gasteiger charge is 2.13. The first-order valence-electron chi connectivity index (χ1n) is 6.87. The van der Waals surface area contributed by atoms with E-state index in [0.717, 1.165) is 18.5 Å². The second-order valence-corrected chi connectivity index (χ2v) is 5.59. The fourth-order valence-corrected chi connectivity index (χ4v) is 2.61. The molecule has 2 rings (SSSR count). The van der Waals surface area contributed by atoms with Crippen LogP contribution in [0.15, 0.2) is 53.4 Å². The van der Waals surface area contributed by atoms with Crippen molar-refractivity contribution >= 4 is 11.8 Å². The first kappa shape index (κ1) is 15.1. The minimum Gasteiger partial charge on any atom is -0.306 e. The molecule has 0 saturated heterocycles. The third-order valence-electron chi connectivity index (χ3n) is 3.23. The van der Waals surface area contributed by atoms with Crippen LogP contribution >= 0.6 is 11.8 Å². The van der Waals surface area contributed by atoms with Crippen molar-refractivity contribution < 1.29 is 4.39 Å². The van der Waals surface area contributed by atoms with Gasteiger partial charge in [0, 0.05) is 4.90 Å². The van der Waals surface area contributed by atoms with Gasteiger partial charge < -0.3 is 5.32 Å². The molecule has 0 aliphatic rings. The molecule has 0 aliphatic heterocycles. The van der Waals surface area contributed by atoms with E-state index < -0.39 is 0 Å². The van der Waals surface area contributed by atoms with E-state index in [1.807, 2.05) is 6.07 Å². The normalized spacial score (nSPS) is 12.3. The van der Waals surface area contributed by atoms with Crippen molar-refractivity contribution in [2.75, 3.05) is 12.8 Å². The summed E-state index contributed by atoms with van der Waals surface area (Å²) in [6, 6.07) is 15.3. The smallest absolute Gasteiger partial charge is 0.123 e. The predicted octanol–water partition coefficient (Wildman–Crippen LogP) is 4.64. The quantitative estimate of drug-likeness (QED) is 0.778. The summed E-state index contributed by atoms with van der Waals surface area (Å²) in [6.45, 7) is 3.04. The van der Waals surface area contributed by atoms with Crippen molar-refractivity contribution in [3.8, 4) is 0 Å². The highest BCUT2D eigenvalue weighted by atomic mass is 32.2. The lowest BCUT2D eigenvalue weighted by Crippen LogP contribution is -2.23. The highest BCUT2D eigenvalue weighted by molar-refractivity contribution is 7.98. The van der Waals surface area contributed by atoms with Gasteiger partial charge in [0.1, 0.15) is 5.82 Å². The molecule has 20 heavy (non-hydrogen) atoms. The minimum atomic E-state index is -0.188. The molecule has 0 bridgehead atoms. The molecule has 1 N–H and O–H groups in total. The summed E-state index contributed by atoms with van der Waals surface area (Å²) in [5.41, 5.74) is 2.14. The van der Waals surface area contributed by atoms with Crippen LogP contribution in [0.1, 0.15) is 30.5 Å². The fourth-order valence-electron chi connectivity index (χ4n) is 2.20. The van der Waals surface area contributed by atoms with Crippen LogP contribution in [-0.2, 0) is 0 Å². The Hall–Kier alpha value is -1.32. The van der Waals surface area contributed by atoms with Crippen molar-refractivity contribution in [2.45, 2.75) is 24.3 Å². The van der Waals surface area contributed by atoms with E-state index in [9.17, 15) is 4.39 Å². The standard InChI is InChI=1S/C17H20FNS/c1-3-11-19-17(14-5-4-6-15(18)12-14)13-7-9-16(20-2)10-8-13/h4-10,12,17,19H,3,11H2,1-2H3. The van der Waals surface area contributed by atoms with Crippen LogP contribution in [0.5, 0.6) is 0 Å². The van der Waals surface area contributed by atoms with Gasteiger partial charge in [-0.3, -0.25) is 0 Å². The molecule has 0 saturated carbocycles. The van der Waals surface area contributed by atoms with E-state index >= 15 is 0 Å². The molecule has 0 spiro atoms. The number of nitrogens with one attached hydrogen (secondary N) is 1. The van der Waals surface area contributed by atoms with Gasteiger partial charge in [-0.1, -0.05) is 31.2 Å². The lowest BCUT2D eigenvalue weighted by atomic mass is 9.98. The van der Waals surface area contributed by atoms with Gasteiger partial charge >= 0.3 is 0 Å². The van der Waals surface area contributed by atoms with Crippen LogP contribution in [0.2, 0.25) is 0 Å². The number of hydrogen-bond donors (Lipinski definition) is 1. The molecule has 1 nitrogen and oxygen atoms in total. The van der Waals surface area contributed by atoms with Crippen molar-refractivity contribution in [1.82, 2.24) is 5.32 Å². The molecule has 0 aliphatic carbocycles. The maximum absolute atomic E-state index is 13.5. The zero-order valence-electron chi connectivity index (χ0n) is 11.9. The van der Waals surface area contributed by atoms with Crippen molar-refractivity contribution in [2.24, 2.45) is 0 Å². The molecule has 1 atom stereocenters. The van der Waals surface area contributed by atoms with E-state index in [4.69, 9.17) is 0 Å². The van der Waals surface area contributed by atoms with Gasteiger partial charge in [-0.15, -0.1) is 11.8 Å². The largest absolute Gasteiger partial charge is 0.306 e. The fraction of sp³-hybridized carbons (Fsp3) is 0.294. The zero-order chi connectivity index (χ0) is 14.4.